The minimum atomic E-state index is -4.26. The molecule has 0 spiro atoms. The molecule has 14 heteroatoms. The van der Waals surface area contributed by atoms with Crippen LogP contribution in [0.1, 0.15) is 26.3 Å². The Kier molecular flexibility index (Phi) is 8.04. The fourth-order valence-corrected chi connectivity index (χ4v) is 4.71. The van der Waals surface area contributed by atoms with Crippen LogP contribution in [-0.4, -0.2) is 60.8 Å². The summed E-state index contributed by atoms with van der Waals surface area (Å²) in [4.78, 5) is 36.8. The SMILES string of the molecule is CCN(N=C(N)N)C(=O)c1ccc(C(=O)C(N)C(NS(=O)(=O)c2ccccc2)C(=O)O)s1. The number of Topliss-reactive ketones (excluding diaryl/α,β-unsaturated/α-hetero) is 1. The van der Waals surface area contributed by atoms with Crippen LogP contribution < -0.4 is 21.9 Å². The van der Waals surface area contributed by atoms with Gasteiger partial charge in [-0.15, -0.1) is 16.4 Å². The van der Waals surface area contributed by atoms with Gasteiger partial charge in [0.05, 0.1) is 20.7 Å². The molecule has 172 valence electrons. The Labute approximate surface area is 187 Å². The molecular weight excluding hydrogens is 460 g/mol. The van der Waals surface area contributed by atoms with Crippen molar-refractivity contribution < 1.29 is 27.9 Å². The fourth-order valence-electron chi connectivity index (χ4n) is 2.54. The first-order valence-electron chi connectivity index (χ1n) is 9.09. The summed E-state index contributed by atoms with van der Waals surface area (Å²) in [5.41, 5.74) is 16.4. The zero-order valence-corrected chi connectivity index (χ0v) is 18.5. The molecule has 0 bridgehead atoms. The van der Waals surface area contributed by atoms with Crippen molar-refractivity contribution in [3.05, 3.63) is 52.2 Å². The lowest BCUT2D eigenvalue weighted by Gasteiger charge is -2.20. The molecule has 2 unspecified atom stereocenters. The molecule has 2 rings (SSSR count). The third kappa shape index (κ3) is 5.88. The fraction of sp³-hybridized carbons (Fsp3) is 0.222. The number of carboxylic acids is 1. The van der Waals surface area contributed by atoms with Gasteiger partial charge in [-0.05, 0) is 31.2 Å². The summed E-state index contributed by atoms with van der Waals surface area (Å²) < 4.78 is 26.9. The summed E-state index contributed by atoms with van der Waals surface area (Å²) in [5.74, 6) is -3.41. The first-order valence-corrected chi connectivity index (χ1v) is 11.4. The minimum absolute atomic E-state index is 0.0354. The van der Waals surface area contributed by atoms with Crippen molar-refractivity contribution in [2.75, 3.05) is 6.54 Å². The van der Waals surface area contributed by atoms with Crippen LogP contribution >= 0.6 is 11.3 Å². The molecule has 2 aromatic rings. The number of rotatable bonds is 10. The Balaban J connectivity index is 2.25. The normalized spacial score (nSPS) is 13.1. The van der Waals surface area contributed by atoms with Crippen molar-refractivity contribution in [1.82, 2.24) is 9.73 Å². The van der Waals surface area contributed by atoms with Gasteiger partial charge in [-0.3, -0.25) is 14.4 Å². The number of benzene rings is 1. The van der Waals surface area contributed by atoms with Crippen molar-refractivity contribution in [3.8, 4) is 0 Å². The summed E-state index contributed by atoms with van der Waals surface area (Å²) in [5, 5.41) is 14.1. The highest BCUT2D eigenvalue weighted by Gasteiger charge is 2.36. The first-order chi connectivity index (χ1) is 15.0. The van der Waals surface area contributed by atoms with E-state index in [1.54, 1.807) is 13.0 Å². The van der Waals surface area contributed by atoms with Gasteiger partial charge < -0.3 is 22.3 Å². The summed E-state index contributed by atoms with van der Waals surface area (Å²) in [6.45, 7) is 1.79. The summed E-state index contributed by atoms with van der Waals surface area (Å²) >= 11 is 0.750. The van der Waals surface area contributed by atoms with Gasteiger partial charge in [-0.25, -0.2) is 13.4 Å². The molecule has 1 aromatic heterocycles. The standard InChI is InChI=1S/C18H22N6O6S2/c1-2-24(22-18(20)21)16(26)12-9-8-11(31-12)15(25)13(19)14(17(27)28)23-32(29,30)10-6-4-3-5-7-10/h3-9,13-14,23H,2,19H2,1H3,(H,27,28)(H4,20,21,22). The molecule has 0 saturated heterocycles. The highest BCUT2D eigenvalue weighted by molar-refractivity contribution is 7.89. The van der Waals surface area contributed by atoms with Gasteiger partial charge in [0.25, 0.3) is 5.91 Å². The molecule has 12 nitrogen and oxygen atoms in total. The zero-order valence-electron chi connectivity index (χ0n) is 16.8. The van der Waals surface area contributed by atoms with Gasteiger partial charge in [0.15, 0.2) is 5.78 Å². The summed E-state index contributed by atoms with van der Waals surface area (Å²) in [6, 6.07) is 5.96. The van der Waals surface area contributed by atoms with Gasteiger partial charge in [-0.1, -0.05) is 18.2 Å². The average molecular weight is 483 g/mol. The van der Waals surface area contributed by atoms with E-state index < -0.39 is 39.8 Å². The zero-order chi connectivity index (χ0) is 24.1. The molecule has 0 aliphatic carbocycles. The van der Waals surface area contributed by atoms with Gasteiger partial charge in [0.2, 0.25) is 16.0 Å². The molecule has 0 aliphatic rings. The van der Waals surface area contributed by atoms with Gasteiger partial charge in [0, 0.05) is 6.54 Å². The number of hydrogen-bond acceptors (Lipinski definition) is 8. The third-order valence-electron chi connectivity index (χ3n) is 4.09. The Morgan fingerprint density at radius 2 is 1.72 bits per heavy atom. The molecule has 32 heavy (non-hydrogen) atoms. The van der Waals surface area contributed by atoms with E-state index in [-0.39, 0.29) is 27.2 Å². The van der Waals surface area contributed by atoms with E-state index in [9.17, 15) is 27.9 Å². The number of ketones is 1. The van der Waals surface area contributed by atoms with Gasteiger partial charge in [0.1, 0.15) is 6.04 Å². The number of amides is 1. The number of sulfonamides is 1. The highest BCUT2D eigenvalue weighted by atomic mass is 32.2. The van der Waals surface area contributed by atoms with E-state index in [0.717, 1.165) is 16.3 Å². The first kappa shape index (κ1) is 24.9. The molecule has 1 aromatic carbocycles. The van der Waals surface area contributed by atoms with Crippen molar-refractivity contribution in [3.63, 3.8) is 0 Å². The summed E-state index contributed by atoms with van der Waals surface area (Å²) in [6.07, 6.45) is 0. The molecular formula is C18H22N6O6S2. The molecule has 1 heterocycles. The van der Waals surface area contributed by atoms with E-state index in [1.165, 1.54) is 36.4 Å². The monoisotopic (exact) mass is 482 g/mol. The van der Waals surface area contributed by atoms with E-state index in [2.05, 4.69) is 5.10 Å². The molecule has 0 saturated carbocycles. The Bertz CT molecular complexity index is 1130. The van der Waals surface area contributed by atoms with Crippen molar-refractivity contribution in [2.45, 2.75) is 23.9 Å². The number of nitrogens with two attached hydrogens (primary N) is 3. The van der Waals surface area contributed by atoms with Crippen LogP contribution in [0.3, 0.4) is 0 Å². The molecule has 1 amide bonds. The third-order valence-corrected chi connectivity index (χ3v) is 6.64. The van der Waals surface area contributed by atoms with Crippen LogP contribution in [0.4, 0.5) is 0 Å². The predicted molar refractivity (Wildman–Crippen MR) is 117 cm³/mol. The number of thiophene rings is 1. The second-order valence-electron chi connectivity index (χ2n) is 6.35. The molecule has 0 aliphatic heterocycles. The van der Waals surface area contributed by atoms with Crippen molar-refractivity contribution in [1.29, 1.82) is 0 Å². The number of nitrogens with one attached hydrogen (secondary N) is 1. The van der Waals surface area contributed by atoms with Crippen molar-refractivity contribution in [2.24, 2.45) is 22.3 Å². The molecule has 2 atom stereocenters. The number of guanidine groups is 1. The Morgan fingerprint density at radius 1 is 1.12 bits per heavy atom. The van der Waals surface area contributed by atoms with Crippen LogP contribution in [-0.2, 0) is 14.8 Å². The lowest BCUT2D eigenvalue weighted by molar-refractivity contribution is -0.139. The van der Waals surface area contributed by atoms with E-state index in [4.69, 9.17) is 17.2 Å². The number of carboxylic acid groups (broad SMARTS) is 1. The molecule has 0 fully saturated rings. The number of carbonyl (C=O) groups excluding carboxylic acids is 2. The quantitative estimate of drug-likeness (QED) is 0.126. The highest BCUT2D eigenvalue weighted by Crippen LogP contribution is 2.21. The topological polar surface area (TPSA) is 211 Å². The average Bonchev–Trinajstić information content (AvgIpc) is 3.25. The lowest BCUT2D eigenvalue weighted by Crippen LogP contribution is -2.55. The van der Waals surface area contributed by atoms with E-state index in [1.807, 2.05) is 4.72 Å². The lowest BCUT2D eigenvalue weighted by atomic mass is 10.0. The van der Waals surface area contributed by atoms with Gasteiger partial charge in [-0.2, -0.15) is 4.72 Å². The predicted octanol–water partition coefficient (Wildman–Crippen LogP) is -0.660. The maximum Gasteiger partial charge on any atom is 0.323 e. The second kappa shape index (κ2) is 10.3. The van der Waals surface area contributed by atoms with Crippen LogP contribution in [0.25, 0.3) is 0 Å². The Hall–Kier alpha value is -3.33. The smallest absolute Gasteiger partial charge is 0.323 e. The van der Waals surface area contributed by atoms with Gasteiger partial charge >= 0.3 is 5.97 Å². The molecule has 0 radical (unpaired) electrons. The number of hydrazone groups is 1. The minimum Gasteiger partial charge on any atom is -0.480 e. The van der Waals surface area contributed by atoms with E-state index in [0.29, 0.717) is 0 Å². The van der Waals surface area contributed by atoms with Crippen LogP contribution in [0.15, 0.2) is 52.5 Å². The van der Waals surface area contributed by atoms with Crippen LogP contribution in [0, 0.1) is 0 Å². The maximum atomic E-state index is 12.8. The number of nitrogens with zero attached hydrogens (tertiary/aromatic N) is 2. The van der Waals surface area contributed by atoms with E-state index >= 15 is 0 Å². The maximum absolute atomic E-state index is 12.8. The molecule has 8 N–H and O–H groups in total. The largest absolute Gasteiger partial charge is 0.480 e. The van der Waals surface area contributed by atoms with Crippen LogP contribution in [0.2, 0.25) is 0 Å². The number of hydrogen-bond donors (Lipinski definition) is 5. The second-order valence-corrected chi connectivity index (χ2v) is 9.15. The summed E-state index contributed by atoms with van der Waals surface area (Å²) in [7, 11) is -4.26. The number of carbonyl (C=O) groups is 3. The Morgan fingerprint density at radius 3 is 2.25 bits per heavy atom. The van der Waals surface area contributed by atoms with Crippen molar-refractivity contribution >= 4 is 45.0 Å². The van der Waals surface area contributed by atoms with Crippen LogP contribution in [0.5, 0.6) is 0 Å². The number of aliphatic carboxylic acids is 1.